The average Bonchev–Trinajstić information content (AvgIpc) is 2.89. The van der Waals surface area contributed by atoms with Gasteiger partial charge in [0, 0.05) is 38.4 Å². The fourth-order valence-electron chi connectivity index (χ4n) is 2.49. The predicted molar refractivity (Wildman–Crippen MR) is 66.5 cm³/mol. The first-order valence-corrected chi connectivity index (χ1v) is 6.50. The Bertz CT molecular complexity index is 342. The van der Waals surface area contributed by atoms with Gasteiger partial charge in [0.15, 0.2) is 0 Å². The highest BCUT2D eigenvalue weighted by Gasteiger charge is 2.21. The van der Waals surface area contributed by atoms with Crippen LogP contribution in [-0.2, 0) is 11.3 Å². The summed E-state index contributed by atoms with van der Waals surface area (Å²) in [4.78, 5) is 14.0. The maximum atomic E-state index is 12.0. The van der Waals surface area contributed by atoms with Crippen molar-refractivity contribution in [2.24, 2.45) is 0 Å². The zero-order chi connectivity index (χ0) is 12.1. The fourth-order valence-corrected chi connectivity index (χ4v) is 2.49. The Labute approximate surface area is 103 Å². The molecule has 1 aromatic rings. The lowest BCUT2D eigenvalue weighted by molar-refractivity contribution is -0.132. The van der Waals surface area contributed by atoms with Gasteiger partial charge in [-0.3, -0.25) is 9.48 Å². The molecule has 0 N–H and O–H groups in total. The molecule has 4 heteroatoms. The highest BCUT2D eigenvalue weighted by atomic mass is 16.2. The molecular formula is C13H21N3O. The molecule has 1 saturated carbocycles. The van der Waals surface area contributed by atoms with E-state index in [2.05, 4.69) is 5.10 Å². The molecule has 4 nitrogen and oxygen atoms in total. The molecule has 94 valence electrons. The zero-order valence-electron chi connectivity index (χ0n) is 10.5. The summed E-state index contributed by atoms with van der Waals surface area (Å²) in [5.74, 6) is 0.243. The van der Waals surface area contributed by atoms with Crippen molar-refractivity contribution in [3.63, 3.8) is 0 Å². The van der Waals surface area contributed by atoms with E-state index in [4.69, 9.17) is 0 Å². The van der Waals surface area contributed by atoms with E-state index in [1.54, 1.807) is 6.20 Å². The smallest absolute Gasteiger partial charge is 0.224 e. The first-order chi connectivity index (χ1) is 8.27. The Balaban J connectivity index is 1.78. The molecule has 0 aromatic carbocycles. The van der Waals surface area contributed by atoms with E-state index in [1.807, 2.05) is 28.9 Å². The second kappa shape index (κ2) is 5.84. The number of hydrogen-bond acceptors (Lipinski definition) is 2. The van der Waals surface area contributed by atoms with Crippen LogP contribution in [0.3, 0.4) is 0 Å². The van der Waals surface area contributed by atoms with Crippen molar-refractivity contribution in [1.82, 2.24) is 14.7 Å². The van der Waals surface area contributed by atoms with Gasteiger partial charge in [0.25, 0.3) is 0 Å². The summed E-state index contributed by atoms with van der Waals surface area (Å²) in [6.45, 7) is 0.683. The number of nitrogens with zero attached hydrogens (tertiary/aromatic N) is 3. The van der Waals surface area contributed by atoms with Crippen molar-refractivity contribution in [2.75, 3.05) is 7.05 Å². The number of rotatable bonds is 4. The van der Waals surface area contributed by atoms with Gasteiger partial charge in [-0.2, -0.15) is 5.10 Å². The fraction of sp³-hybridized carbons (Fsp3) is 0.692. The lowest BCUT2D eigenvalue weighted by Crippen LogP contribution is -2.38. The Morgan fingerprint density at radius 1 is 1.41 bits per heavy atom. The van der Waals surface area contributed by atoms with Crippen LogP contribution in [0.25, 0.3) is 0 Å². The van der Waals surface area contributed by atoms with E-state index < -0.39 is 0 Å². The third kappa shape index (κ3) is 3.32. The molecule has 0 radical (unpaired) electrons. The molecule has 1 heterocycles. The van der Waals surface area contributed by atoms with Gasteiger partial charge in [0.2, 0.25) is 5.91 Å². The summed E-state index contributed by atoms with van der Waals surface area (Å²) < 4.78 is 1.81. The maximum Gasteiger partial charge on any atom is 0.224 e. The summed E-state index contributed by atoms with van der Waals surface area (Å²) in [6, 6.07) is 2.35. The molecule has 0 bridgehead atoms. The number of aromatic nitrogens is 2. The van der Waals surface area contributed by atoms with Crippen LogP contribution in [0.1, 0.15) is 38.5 Å². The number of aryl methyl sites for hydroxylation is 1. The monoisotopic (exact) mass is 235 g/mol. The minimum Gasteiger partial charge on any atom is -0.343 e. The summed E-state index contributed by atoms with van der Waals surface area (Å²) in [5, 5.41) is 4.11. The Kier molecular flexibility index (Phi) is 4.18. The largest absolute Gasteiger partial charge is 0.343 e. The summed E-state index contributed by atoms with van der Waals surface area (Å²) in [7, 11) is 1.95. The number of amides is 1. The summed E-state index contributed by atoms with van der Waals surface area (Å²) in [5.41, 5.74) is 0. The van der Waals surface area contributed by atoms with Crippen LogP contribution >= 0.6 is 0 Å². The second-order valence-electron chi connectivity index (χ2n) is 4.82. The molecule has 0 unspecified atom stereocenters. The van der Waals surface area contributed by atoms with Crippen LogP contribution in [0.4, 0.5) is 0 Å². The minimum absolute atomic E-state index is 0.243. The molecule has 0 spiro atoms. The van der Waals surface area contributed by atoms with Crippen LogP contribution in [0.2, 0.25) is 0 Å². The molecule has 1 aromatic heterocycles. The molecular weight excluding hydrogens is 214 g/mol. The maximum absolute atomic E-state index is 12.0. The molecule has 0 aliphatic heterocycles. The van der Waals surface area contributed by atoms with E-state index >= 15 is 0 Å². The minimum atomic E-state index is 0.243. The lowest BCUT2D eigenvalue weighted by atomic mass is 9.94. The second-order valence-corrected chi connectivity index (χ2v) is 4.82. The number of carbonyl (C=O) groups excluding carboxylic acids is 1. The Morgan fingerprint density at radius 3 is 2.82 bits per heavy atom. The van der Waals surface area contributed by atoms with Gasteiger partial charge in [-0.25, -0.2) is 0 Å². The van der Waals surface area contributed by atoms with Crippen molar-refractivity contribution in [3.05, 3.63) is 18.5 Å². The molecule has 2 rings (SSSR count). The van der Waals surface area contributed by atoms with E-state index in [9.17, 15) is 4.79 Å². The summed E-state index contributed by atoms with van der Waals surface area (Å²) in [6.07, 6.45) is 10.4. The lowest BCUT2D eigenvalue weighted by Gasteiger charge is -2.31. The highest BCUT2D eigenvalue weighted by Crippen LogP contribution is 2.21. The topological polar surface area (TPSA) is 38.1 Å². The predicted octanol–water partition coefficient (Wildman–Crippen LogP) is 2.06. The van der Waals surface area contributed by atoms with Gasteiger partial charge < -0.3 is 4.90 Å². The number of carbonyl (C=O) groups is 1. The average molecular weight is 235 g/mol. The van der Waals surface area contributed by atoms with Crippen molar-refractivity contribution >= 4 is 5.91 Å². The third-order valence-corrected chi connectivity index (χ3v) is 3.63. The van der Waals surface area contributed by atoms with E-state index in [1.165, 1.54) is 32.1 Å². The van der Waals surface area contributed by atoms with Gasteiger partial charge in [0.1, 0.15) is 0 Å². The SMILES string of the molecule is CN(C(=O)CCn1cccn1)C1CCCCC1. The van der Waals surface area contributed by atoms with Crippen molar-refractivity contribution in [1.29, 1.82) is 0 Å². The normalized spacial score (nSPS) is 17.0. The van der Waals surface area contributed by atoms with E-state index in [-0.39, 0.29) is 5.91 Å². The first-order valence-electron chi connectivity index (χ1n) is 6.50. The highest BCUT2D eigenvalue weighted by molar-refractivity contribution is 5.76. The Morgan fingerprint density at radius 2 is 2.18 bits per heavy atom. The van der Waals surface area contributed by atoms with Gasteiger partial charge >= 0.3 is 0 Å². The number of hydrogen-bond donors (Lipinski definition) is 0. The molecule has 0 saturated heterocycles. The van der Waals surface area contributed by atoms with Crippen LogP contribution in [-0.4, -0.2) is 33.7 Å². The van der Waals surface area contributed by atoms with Crippen LogP contribution in [0, 0.1) is 0 Å². The first kappa shape index (κ1) is 12.1. The van der Waals surface area contributed by atoms with Crippen LogP contribution in [0.15, 0.2) is 18.5 Å². The van der Waals surface area contributed by atoms with Gasteiger partial charge in [0.05, 0.1) is 0 Å². The van der Waals surface area contributed by atoms with Crippen molar-refractivity contribution < 1.29 is 4.79 Å². The molecule has 1 aliphatic carbocycles. The molecule has 0 atom stereocenters. The van der Waals surface area contributed by atoms with E-state index in [0.717, 1.165) is 0 Å². The molecule has 1 aliphatic rings. The molecule has 1 amide bonds. The van der Waals surface area contributed by atoms with Crippen molar-refractivity contribution in [2.45, 2.75) is 51.1 Å². The van der Waals surface area contributed by atoms with E-state index in [0.29, 0.717) is 19.0 Å². The summed E-state index contributed by atoms with van der Waals surface area (Å²) >= 11 is 0. The molecule has 1 fully saturated rings. The van der Waals surface area contributed by atoms with Crippen molar-refractivity contribution in [3.8, 4) is 0 Å². The quantitative estimate of drug-likeness (QED) is 0.801. The van der Waals surface area contributed by atoms with Gasteiger partial charge in [-0.15, -0.1) is 0 Å². The van der Waals surface area contributed by atoms with Crippen LogP contribution < -0.4 is 0 Å². The standard InChI is InChI=1S/C13H21N3O/c1-15(12-6-3-2-4-7-12)13(17)8-11-16-10-5-9-14-16/h5,9-10,12H,2-4,6-8,11H2,1H3. The van der Waals surface area contributed by atoms with Crippen LogP contribution in [0.5, 0.6) is 0 Å². The zero-order valence-corrected chi connectivity index (χ0v) is 10.5. The van der Waals surface area contributed by atoms with Gasteiger partial charge in [-0.05, 0) is 18.9 Å². The molecule has 17 heavy (non-hydrogen) atoms. The van der Waals surface area contributed by atoms with Gasteiger partial charge in [-0.1, -0.05) is 19.3 Å². The Hall–Kier alpha value is -1.32. The third-order valence-electron chi connectivity index (χ3n) is 3.63.